The SMILES string of the molecule is CCNC(=NCc1cc2c(cc1OC)CC(C)O2)NCc1ncc(C(C)(C)C)o1. The molecule has 1 atom stereocenters. The van der Waals surface area contributed by atoms with E-state index in [0.29, 0.717) is 24.9 Å². The van der Waals surface area contributed by atoms with Gasteiger partial charge in [-0.25, -0.2) is 9.98 Å². The molecule has 2 aromatic rings. The van der Waals surface area contributed by atoms with Gasteiger partial charge in [-0.15, -0.1) is 0 Å². The first-order chi connectivity index (χ1) is 13.8. The molecule has 7 heteroatoms. The molecule has 1 aliphatic heterocycles. The van der Waals surface area contributed by atoms with Crippen molar-refractivity contribution in [2.75, 3.05) is 13.7 Å². The summed E-state index contributed by atoms with van der Waals surface area (Å²) < 4.78 is 17.3. The molecule has 1 unspecified atom stereocenters. The third-order valence-corrected chi connectivity index (χ3v) is 4.75. The quantitative estimate of drug-likeness (QED) is 0.570. The highest BCUT2D eigenvalue weighted by atomic mass is 16.5. The lowest BCUT2D eigenvalue weighted by atomic mass is 9.94. The number of aliphatic imine (C=N–C) groups is 1. The molecule has 29 heavy (non-hydrogen) atoms. The van der Waals surface area contributed by atoms with Crippen LogP contribution in [0.5, 0.6) is 11.5 Å². The van der Waals surface area contributed by atoms with E-state index in [1.54, 1.807) is 13.3 Å². The highest BCUT2D eigenvalue weighted by molar-refractivity contribution is 5.79. The predicted octanol–water partition coefficient (Wildman–Crippen LogP) is 3.56. The van der Waals surface area contributed by atoms with Crippen LogP contribution >= 0.6 is 0 Å². The molecule has 0 amide bonds. The summed E-state index contributed by atoms with van der Waals surface area (Å²) in [5.74, 6) is 3.96. The average Bonchev–Trinajstić information content (AvgIpc) is 3.28. The molecular weight excluding hydrogens is 368 g/mol. The van der Waals surface area contributed by atoms with Gasteiger partial charge >= 0.3 is 0 Å². The number of oxazole rings is 1. The number of hydrogen-bond acceptors (Lipinski definition) is 5. The molecule has 1 aliphatic rings. The van der Waals surface area contributed by atoms with E-state index in [4.69, 9.17) is 18.9 Å². The molecule has 0 spiro atoms. The number of nitrogens with zero attached hydrogens (tertiary/aromatic N) is 2. The van der Waals surface area contributed by atoms with Gasteiger partial charge in [0.05, 0.1) is 26.4 Å². The van der Waals surface area contributed by atoms with Gasteiger partial charge in [0, 0.05) is 29.5 Å². The van der Waals surface area contributed by atoms with E-state index in [1.165, 1.54) is 5.56 Å². The molecule has 3 rings (SSSR count). The number of hydrogen-bond donors (Lipinski definition) is 2. The lowest BCUT2D eigenvalue weighted by Gasteiger charge is -2.14. The molecule has 0 fully saturated rings. The van der Waals surface area contributed by atoms with Crippen molar-refractivity contribution in [3.63, 3.8) is 0 Å². The summed E-state index contributed by atoms with van der Waals surface area (Å²) in [7, 11) is 1.69. The number of ether oxygens (including phenoxy) is 2. The van der Waals surface area contributed by atoms with Crippen molar-refractivity contribution < 1.29 is 13.9 Å². The smallest absolute Gasteiger partial charge is 0.213 e. The first-order valence-electron chi connectivity index (χ1n) is 10.1. The fourth-order valence-corrected chi connectivity index (χ4v) is 3.20. The van der Waals surface area contributed by atoms with Crippen molar-refractivity contribution in [2.24, 2.45) is 4.99 Å². The number of methoxy groups -OCH3 is 1. The van der Waals surface area contributed by atoms with Gasteiger partial charge in [0.25, 0.3) is 0 Å². The normalized spacial score (nSPS) is 16.3. The molecule has 0 saturated heterocycles. The maximum atomic E-state index is 5.88. The van der Waals surface area contributed by atoms with Crippen LogP contribution in [0, 0.1) is 0 Å². The van der Waals surface area contributed by atoms with Crippen LogP contribution in [-0.4, -0.2) is 30.7 Å². The van der Waals surface area contributed by atoms with Crippen molar-refractivity contribution >= 4 is 5.96 Å². The lowest BCUT2D eigenvalue weighted by Crippen LogP contribution is -2.36. The predicted molar refractivity (Wildman–Crippen MR) is 114 cm³/mol. The van der Waals surface area contributed by atoms with Crippen LogP contribution in [0.25, 0.3) is 0 Å². The van der Waals surface area contributed by atoms with Crippen molar-refractivity contribution in [3.8, 4) is 11.5 Å². The summed E-state index contributed by atoms with van der Waals surface area (Å²) in [4.78, 5) is 9.06. The molecule has 158 valence electrons. The monoisotopic (exact) mass is 400 g/mol. The van der Waals surface area contributed by atoms with E-state index in [2.05, 4.69) is 49.4 Å². The van der Waals surface area contributed by atoms with Crippen LogP contribution in [0.4, 0.5) is 0 Å². The Kier molecular flexibility index (Phi) is 6.35. The Labute approximate surface area is 172 Å². The highest BCUT2D eigenvalue weighted by Gasteiger charge is 2.22. The van der Waals surface area contributed by atoms with E-state index in [9.17, 15) is 0 Å². The first kappa shape index (κ1) is 21.0. The number of rotatable bonds is 6. The molecule has 0 aliphatic carbocycles. The zero-order valence-corrected chi connectivity index (χ0v) is 18.3. The van der Waals surface area contributed by atoms with Crippen LogP contribution < -0.4 is 20.1 Å². The molecular formula is C22H32N4O3. The summed E-state index contributed by atoms with van der Waals surface area (Å²) in [5, 5.41) is 6.53. The maximum absolute atomic E-state index is 5.88. The number of fused-ring (bicyclic) bond motifs is 1. The molecule has 2 heterocycles. The second kappa shape index (κ2) is 8.76. The van der Waals surface area contributed by atoms with Crippen LogP contribution in [0.15, 0.2) is 27.7 Å². The van der Waals surface area contributed by atoms with E-state index in [1.807, 2.05) is 13.0 Å². The average molecular weight is 401 g/mol. The Hall–Kier alpha value is -2.70. The van der Waals surface area contributed by atoms with Gasteiger partial charge in [0.15, 0.2) is 5.96 Å². The highest BCUT2D eigenvalue weighted by Crippen LogP contribution is 2.35. The number of nitrogens with one attached hydrogen (secondary N) is 2. The lowest BCUT2D eigenvalue weighted by molar-refractivity contribution is 0.254. The maximum Gasteiger partial charge on any atom is 0.213 e. The van der Waals surface area contributed by atoms with Gasteiger partial charge in [-0.05, 0) is 26.0 Å². The Morgan fingerprint density at radius 3 is 2.76 bits per heavy atom. The summed E-state index contributed by atoms with van der Waals surface area (Å²) in [6.45, 7) is 12.1. The van der Waals surface area contributed by atoms with Crippen LogP contribution in [0.2, 0.25) is 0 Å². The van der Waals surface area contributed by atoms with E-state index in [0.717, 1.165) is 35.8 Å². The minimum absolute atomic E-state index is 0.0620. The van der Waals surface area contributed by atoms with Gasteiger partial charge < -0.3 is 24.5 Å². The summed E-state index contributed by atoms with van der Waals surface area (Å²) in [5.41, 5.74) is 2.11. The van der Waals surface area contributed by atoms with Gasteiger partial charge in [0.1, 0.15) is 23.4 Å². The Morgan fingerprint density at radius 2 is 2.10 bits per heavy atom. The Bertz CT molecular complexity index is 867. The van der Waals surface area contributed by atoms with Gasteiger partial charge in [-0.3, -0.25) is 0 Å². The van der Waals surface area contributed by atoms with Crippen molar-refractivity contribution in [3.05, 3.63) is 41.1 Å². The second-order valence-electron chi connectivity index (χ2n) is 8.32. The number of guanidine groups is 1. The fraction of sp³-hybridized carbons (Fsp3) is 0.545. The van der Waals surface area contributed by atoms with Crippen LogP contribution in [0.3, 0.4) is 0 Å². The Balaban J connectivity index is 1.69. The zero-order valence-electron chi connectivity index (χ0n) is 18.3. The van der Waals surface area contributed by atoms with Gasteiger partial charge in [0.2, 0.25) is 5.89 Å². The van der Waals surface area contributed by atoms with E-state index >= 15 is 0 Å². The first-order valence-corrected chi connectivity index (χ1v) is 10.1. The van der Waals surface area contributed by atoms with Crippen LogP contribution in [0.1, 0.15) is 57.4 Å². The number of aromatic nitrogens is 1. The summed E-state index contributed by atoms with van der Waals surface area (Å²) in [6.07, 6.45) is 2.90. The molecule has 1 aromatic carbocycles. The van der Waals surface area contributed by atoms with Gasteiger partial charge in [-0.2, -0.15) is 0 Å². The third kappa shape index (κ3) is 5.22. The topological polar surface area (TPSA) is 80.9 Å². The summed E-state index contributed by atoms with van der Waals surface area (Å²) >= 11 is 0. The summed E-state index contributed by atoms with van der Waals surface area (Å²) in [6, 6.07) is 4.10. The molecule has 0 radical (unpaired) electrons. The minimum Gasteiger partial charge on any atom is -0.496 e. The molecule has 0 bridgehead atoms. The van der Waals surface area contributed by atoms with Crippen molar-refractivity contribution in [1.29, 1.82) is 0 Å². The molecule has 0 saturated carbocycles. The van der Waals surface area contributed by atoms with Gasteiger partial charge in [-0.1, -0.05) is 20.8 Å². The minimum atomic E-state index is -0.0620. The largest absolute Gasteiger partial charge is 0.496 e. The van der Waals surface area contributed by atoms with E-state index in [-0.39, 0.29) is 11.5 Å². The number of benzene rings is 1. The standard InChI is InChI=1S/C22H32N4O3/c1-7-23-21(26-13-20-24-12-19(29-20)22(3,4)5)25-11-16-10-18-15(8-14(2)28-18)9-17(16)27-6/h9-10,12,14H,7-8,11,13H2,1-6H3,(H2,23,25,26). The van der Waals surface area contributed by atoms with Crippen LogP contribution in [-0.2, 0) is 24.9 Å². The second-order valence-corrected chi connectivity index (χ2v) is 8.32. The molecule has 1 aromatic heterocycles. The third-order valence-electron chi connectivity index (χ3n) is 4.75. The Morgan fingerprint density at radius 1 is 1.31 bits per heavy atom. The van der Waals surface area contributed by atoms with E-state index < -0.39 is 0 Å². The fourth-order valence-electron chi connectivity index (χ4n) is 3.20. The molecule has 2 N–H and O–H groups in total. The van der Waals surface area contributed by atoms with Crippen molar-refractivity contribution in [1.82, 2.24) is 15.6 Å². The van der Waals surface area contributed by atoms with Crippen molar-refractivity contribution in [2.45, 2.75) is 65.6 Å². The molecule has 7 nitrogen and oxygen atoms in total. The zero-order chi connectivity index (χ0) is 21.0.